The Labute approximate surface area is 126 Å². The Bertz CT molecular complexity index is 592. The van der Waals surface area contributed by atoms with Crippen molar-refractivity contribution in [2.45, 2.75) is 25.8 Å². The minimum Gasteiger partial charge on any atom is -0.491 e. The van der Waals surface area contributed by atoms with E-state index in [0.717, 1.165) is 37.4 Å². The summed E-state index contributed by atoms with van der Waals surface area (Å²) in [5.41, 5.74) is 9.51. The fourth-order valence-electron chi connectivity index (χ4n) is 2.78. The van der Waals surface area contributed by atoms with Gasteiger partial charge in [-0.1, -0.05) is 24.3 Å². The van der Waals surface area contributed by atoms with Crippen molar-refractivity contribution in [3.63, 3.8) is 0 Å². The molecule has 0 amide bonds. The molecule has 0 aromatic heterocycles. The zero-order chi connectivity index (χ0) is 14.7. The van der Waals surface area contributed by atoms with E-state index in [1.807, 2.05) is 19.1 Å². The zero-order valence-electron chi connectivity index (χ0n) is 12.5. The molecule has 0 spiro atoms. The summed E-state index contributed by atoms with van der Waals surface area (Å²) in [7, 11) is 0. The highest BCUT2D eigenvalue weighted by atomic mass is 16.5. The molecule has 3 heteroatoms. The van der Waals surface area contributed by atoms with E-state index < -0.39 is 0 Å². The van der Waals surface area contributed by atoms with Gasteiger partial charge < -0.3 is 15.4 Å². The number of para-hydroxylation sites is 2. The minimum atomic E-state index is 0.197. The molecule has 0 fully saturated rings. The highest BCUT2D eigenvalue weighted by Crippen LogP contribution is 2.35. The first-order chi connectivity index (χ1) is 10.2. The molecule has 0 bridgehead atoms. The van der Waals surface area contributed by atoms with Gasteiger partial charge in [-0.2, -0.15) is 0 Å². The molecule has 2 aromatic carbocycles. The van der Waals surface area contributed by atoms with Gasteiger partial charge in [0.25, 0.3) is 0 Å². The summed E-state index contributed by atoms with van der Waals surface area (Å²) in [6.07, 6.45) is 1.94. The molecule has 0 saturated carbocycles. The molecule has 1 heterocycles. The first kappa shape index (κ1) is 14.0. The van der Waals surface area contributed by atoms with Crippen LogP contribution in [0.15, 0.2) is 48.5 Å². The van der Waals surface area contributed by atoms with Gasteiger partial charge in [0.2, 0.25) is 0 Å². The van der Waals surface area contributed by atoms with Gasteiger partial charge in [-0.3, -0.25) is 0 Å². The second-order valence-electron chi connectivity index (χ2n) is 5.67. The zero-order valence-corrected chi connectivity index (χ0v) is 12.5. The molecule has 0 saturated heterocycles. The van der Waals surface area contributed by atoms with Gasteiger partial charge in [-0.05, 0) is 49.6 Å². The summed E-state index contributed by atoms with van der Waals surface area (Å²) in [6, 6.07) is 17.1. The summed E-state index contributed by atoms with van der Waals surface area (Å²) in [4.78, 5) is 2.33. The molecular formula is C18H22N2O. The minimum absolute atomic E-state index is 0.197. The Kier molecular flexibility index (Phi) is 4.11. The first-order valence-corrected chi connectivity index (χ1v) is 7.58. The van der Waals surface area contributed by atoms with E-state index in [1.165, 1.54) is 11.3 Å². The second kappa shape index (κ2) is 6.19. The molecule has 2 aromatic rings. The van der Waals surface area contributed by atoms with Crippen molar-refractivity contribution in [1.82, 2.24) is 0 Å². The SMILES string of the molecule is CC(N)Cc1ccc(N2CCCOc3ccccc32)cc1. The number of fused-ring (bicyclic) bond motifs is 1. The van der Waals surface area contributed by atoms with Crippen molar-refractivity contribution < 1.29 is 4.74 Å². The Morgan fingerprint density at radius 1 is 1.14 bits per heavy atom. The number of nitrogens with zero attached hydrogens (tertiary/aromatic N) is 1. The number of benzene rings is 2. The van der Waals surface area contributed by atoms with Crippen molar-refractivity contribution in [3.05, 3.63) is 54.1 Å². The molecule has 110 valence electrons. The maximum absolute atomic E-state index is 5.86. The van der Waals surface area contributed by atoms with Gasteiger partial charge in [0.1, 0.15) is 5.75 Å². The average Bonchev–Trinajstić information content (AvgIpc) is 2.70. The van der Waals surface area contributed by atoms with Gasteiger partial charge in [0, 0.05) is 18.3 Å². The smallest absolute Gasteiger partial charge is 0.142 e. The van der Waals surface area contributed by atoms with Gasteiger partial charge >= 0.3 is 0 Å². The summed E-state index contributed by atoms with van der Waals surface area (Å²) >= 11 is 0. The van der Waals surface area contributed by atoms with Crippen LogP contribution >= 0.6 is 0 Å². The predicted molar refractivity (Wildman–Crippen MR) is 87.4 cm³/mol. The van der Waals surface area contributed by atoms with E-state index in [-0.39, 0.29) is 6.04 Å². The van der Waals surface area contributed by atoms with E-state index in [2.05, 4.69) is 41.3 Å². The van der Waals surface area contributed by atoms with Crippen LogP contribution in [-0.4, -0.2) is 19.2 Å². The molecule has 1 unspecified atom stereocenters. The van der Waals surface area contributed by atoms with Crippen LogP contribution in [0.25, 0.3) is 0 Å². The van der Waals surface area contributed by atoms with Crippen molar-refractivity contribution in [3.8, 4) is 5.75 Å². The van der Waals surface area contributed by atoms with Gasteiger partial charge in [0.15, 0.2) is 0 Å². The van der Waals surface area contributed by atoms with Crippen LogP contribution in [-0.2, 0) is 6.42 Å². The number of ether oxygens (including phenoxy) is 1. The summed E-state index contributed by atoms with van der Waals surface area (Å²) in [6.45, 7) is 3.79. The number of hydrogen-bond donors (Lipinski definition) is 1. The maximum atomic E-state index is 5.86. The Balaban J connectivity index is 1.89. The third kappa shape index (κ3) is 3.19. The molecule has 3 nitrogen and oxygen atoms in total. The molecule has 21 heavy (non-hydrogen) atoms. The lowest BCUT2D eigenvalue weighted by Gasteiger charge is -2.24. The quantitative estimate of drug-likeness (QED) is 0.936. The predicted octanol–water partition coefficient (Wildman–Crippen LogP) is 3.50. The largest absolute Gasteiger partial charge is 0.491 e. The normalized spacial score (nSPS) is 15.8. The molecular weight excluding hydrogens is 260 g/mol. The van der Waals surface area contributed by atoms with Crippen molar-refractivity contribution in [2.75, 3.05) is 18.1 Å². The average molecular weight is 282 g/mol. The molecule has 3 rings (SSSR count). The Morgan fingerprint density at radius 2 is 1.90 bits per heavy atom. The molecule has 2 N–H and O–H groups in total. The van der Waals surface area contributed by atoms with Gasteiger partial charge in [-0.25, -0.2) is 0 Å². The van der Waals surface area contributed by atoms with Crippen molar-refractivity contribution in [2.24, 2.45) is 5.73 Å². The van der Waals surface area contributed by atoms with Crippen LogP contribution in [0.1, 0.15) is 18.9 Å². The topological polar surface area (TPSA) is 38.5 Å². The van der Waals surface area contributed by atoms with E-state index in [4.69, 9.17) is 10.5 Å². The van der Waals surface area contributed by atoms with Crippen LogP contribution in [0.4, 0.5) is 11.4 Å². The molecule has 1 aliphatic rings. The van der Waals surface area contributed by atoms with E-state index in [1.54, 1.807) is 0 Å². The molecule has 0 aliphatic carbocycles. The highest BCUT2D eigenvalue weighted by molar-refractivity contribution is 5.69. The van der Waals surface area contributed by atoms with E-state index in [9.17, 15) is 0 Å². The van der Waals surface area contributed by atoms with Crippen LogP contribution < -0.4 is 15.4 Å². The van der Waals surface area contributed by atoms with Crippen molar-refractivity contribution in [1.29, 1.82) is 0 Å². The lowest BCUT2D eigenvalue weighted by atomic mass is 10.1. The highest BCUT2D eigenvalue weighted by Gasteiger charge is 2.17. The monoisotopic (exact) mass is 282 g/mol. The van der Waals surface area contributed by atoms with Crippen LogP contribution in [0.3, 0.4) is 0 Å². The lowest BCUT2D eigenvalue weighted by Crippen LogP contribution is -2.19. The Hall–Kier alpha value is -2.00. The second-order valence-corrected chi connectivity index (χ2v) is 5.67. The summed E-state index contributed by atoms with van der Waals surface area (Å²) in [5.74, 6) is 0.967. The number of anilines is 2. The third-order valence-corrected chi connectivity index (χ3v) is 3.75. The lowest BCUT2D eigenvalue weighted by molar-refractivity contribution is 0.322. The summed E-state index contributed by atoms with van der Waals surface area (Å²) < 4.78 is 5.82. The van der Waals surface area contributed by atoms with Crippen molar-refractivity contribution >= 4 is 11.4 Å². The molecule has 1 atom stereocenters. The first-order valence-electron chi connectivity index (χ1n) is 7.58. The third-order valence-electron chi connectivity index (χ3n) is 3.75. The van der Waals surface area contributed by atoms with Crippen LogP contribution in [0.5, 0.6) is 5.75 Å². The van der Waals surface area contributed by atoms with E-state index >= 15 is 0 Å². The maximum Gasteiger partial charge on any atom is 0.142 e. The van der Waals surface area contributed by atoms with Crippen LogP contribution in [0, 0.1) is 0 Å². The van der Waals surface area contributed by atoms with E-state index in [0.29, 0.717) is 0 Å². The standard InChI is InChI=1S/C18H22N2O/c1-14(19)13-15-7-9-16(10-8-15)20-11-4-12-21-18-6-3-2-5-17(18)20/h2-3,5-10,14H,4,11-13,19H2,1H3. The van der Waals surface area contributed by atoms with Crippen LogP contribution in [0.2, 0.25) is 0 Å². The number of hydrogen-bond acceptors (Lipinski definition) is 3. The number of rotatable bonds is 3. The fraction of sp³-hybridized carbons (Fsp3) is 0.333. The summed E-state index contributed by atoms with van der Waals surface area (Å²) in [5, 5.41) is 0. The van der Waals surface area contributed by atoms with Gasteiger partial charge in [0.05, 0.1) is 12.3 Å². The Morgan fingerprint density at radius 3 is 2.67 bits per heavy atom. The molecule has 1 aliphatic heterocycles. The molecule has 0 radical (unpaired) electrons. The number of nitrogens with two attached hydrogens (primary N) is 1. The van der Waals surface area contributed by atoms with Gasteiger partial charge in [-0.15, -0.1) is 0 Å². The fourth-order valence-corrected chi connectivity index (χ4v) is 2.78.